The summed E-state index contributed by atoms with van der Waals surface area (Å²) in [4.78, 5) is 24.1. The Hall–Kier alpha value is -3.90. The zero-order chi connectivity index (χ0) is 27.2. The first kappa shape index (κ1) is 27.7. The van der Waals surface area contributed by atoms with E-state index in [1.807, 2.05) is 0 Å². The molecule has 8 nitrogen and oxygen atoms in total. The Kier molecular flexibility index (Phi) is 8.56. The first-order chi connectivity index (χ1) is 17.4. The van der Waals surface area contributed by atoms with Crippen LogP contribution in [0.15, 0.2) is 71.6 Å². The molecule has 0 saturated carbocycles. The zero-order valence-corrected chi connectivity index (χ0v) is 20.6. The number of alkyl halides is 3. The number of esters is 1. The number of amides is 1. The molecule has 0 fully saturated rings. The van der Waals surface area contributed by atoms with Crippen LogP contribution in [-0.4, -0.2) is 40.3 Å². The molecule has 0 spiro atoms. The highest BCUT2D eigenvalue weighted by atomic mass is 32.2. The molecule has 196 valence electrons. The van der Waals surface area contributed by atoms with Crippen molar-refractivity contribution in [2.75, 3.05) is 19.0 Å². The van der Waals surface area contributed by atoms with Crippen molar-refractivity contribution in [1.82, 2.24) is 4.72 Å². The summed E-state index contributed by atoms with van der Waals surface area (Å²) in [6.07, 6.45) is -4.47. The van der Waals surface area contributed by atoms with Gasteiger partial charge in [0.15, 0.2) is 0 Å². The van der Waals surface area contributed by atoms with Crippen molar-refractivity contribution < 1.29 is 40.7 Å². The van der Waals surface area contributed by atoms with Gasteiger partial charge in [-0.25, -0.2) is 17.9 Å². The van der Waals surface area contributed by atoms with Gasteiger partial charge in [0, 0.05) is 17.8 Å². The van der Waals surface area contributed by atoms with E-state index in [0.29, 0.717) is 17.7 Å². The highest BCUT2D eigenvalue weighted by Gasteiger charge is 2.31. The van der Waals surface area contributed by atoms with Gasteiger partial charge in [0.2, 0.25) is 10.0 Å². The number of halogens is 3. The third-order valence-electron chi connectivity index (χ3n) is 5.19. The van der Waals surface area contributed by atoms with Gasteiger partial charge >= 0.3 is 12.3 Å². The van der Waals surface area contributed by atoms with Gasteiger partial charge < -0.3 is 14.8 Å². The van der Waals surface area contributed by atoms with Crippen molar-refractivity contribution in [2.24, 2.45) is 0 Å². The van der Waals surface area contributed by atoms with Gasteiger partial charge in [-0.15, -0.1) is 13.2 Å². The van der Waals surface area contributed by atoms with E-state index in [-0.39, 0.29) is 22.6 Å². The van der Waals surface area contributed by atoms with E-state index in [1.165, 1.54) is 37.4 Å². The minimum Gasteiger partial charge on any atom is -0.465 e. The lowest BCUT2D eigenvalue weighted by Crippen LogP contribution is -2.26. The summed E-state index contributed by atoms with van der Waals surface area (Å²) in [5, 5.41) is 2.63. The molecule has 0 saturated heterocycles. The average Bonchev–Trinajstić information content (AvgIpc) is 2.84. The van der Waals surface area contributed by atoms with Crippen LogP contribution in [0, 0.1) is 6.92 Å². The summed E-state index contributed by atoms with van der Waals surface area (Å²) in [7, 11) is -2.65. The van der Waals surface area contributed by atoms with Crippen LogP contribution in [0.5, 0.6) is 5.75 Å². The van der Waals surface area contributed by atoms with Crippen molar-refractivity contribution in [3.8, 4) is 5.75 Å². The molecule has 0 aromatic heterocycles. The van der Waals surface area contributed by atoms with E-state index in [9.17, 15) is 31.2 Å². The van der Waals surface area contributed by atoms with Gasteiger partial charge in [-0.3, -0.25) is 4.79 Å². The quantitative estimate of drug-likeness (QED) is 0.391. The van der Waals surface area contributed by atoms with Crippen LogP contribution in [0.2, 0.25) is 0 Å². The van der Waals surface area contributed by atoms with Gasteiger partial charge in [0.05, 0.1) is 17.6 Å². The van der Waals surface area contributed by atoms with Crippen molar-refractivity contribution in [3.05, 3.63) is 89.0 Å². The standard InChI is InChI=1S/C25H23F3N2O6S/c1-16-3-12-21(15-22(16)24(32)35-2)37(33,34)29-14-13-17-4-8-19(9-5-17)30-23(31)18-6-10-20(11-7-18)36-25(26,27)28/h3-12,15,29H,13-14H2,1-2H3,(H,30,31). The van der Waals surface area contributed by atoms with E-state index in [2.05, 4.69) is 19.5 Å². The lowest BCUT2D eigenvalue weighted by atomic mass is 10.1. The number of sulfonamides is 1. The first-order valence-corrected chi connectivity index (χ1v) is 12.3. The van der Waals surface area contributed by atoms with Crippen LogP contribution in [0.1, 0.15) is 31.8 Å². The van der Waals surface area contributed by atoms with Crippen LogP contribution in [-0.2, 0) is 21.2 Å². The van der Waals surface area contributed by atoms with E-state index < -0.39 is 34.0 Å². The number of anilines is 1. The van der Waals surface area contributed by atoms with Crippen LogP contribution in [0.25, 0.3) is 0 Å². The number of hydrogen-bond donors (Lipinski definition) is 2. The predicted octanol–water partition coefficient (Wildman–Crippen LogP) is 4.45. The Bertz CT molecular complexity index is 1370. The number of hydrogen-bond acceptors (Lipinski definition) is 6. The predicted molar refractivity (Wildman–Crippen MR) is 129 cm³/mol. The molecular weight excluding hydrogens is 513 g/mol. The molecule has 0 aliphatic carbocycles. The van der Waals surface area contributed by atoms with Crippen LogP contribution < -0.4 is 14.8 Å². The second kappa shape index (κ2) is 11.4. The van der Waals surface area contributed by atoms with Gasteiger partial charge in [-0.1, -0.05) is 18.2 Å². The maximum atomic E-state index is 12.6. The summed E-state index contributed by atoms with van der Waals surface area (Å²) in [6.45, 7) is 1.76. The number of carbonyl (C=O) groups is 2. The fraction of sp³-hybridized carbons (Fsp3) is 0.200. The summed E-state index contributed by atoms with van der Waals surface area (Å²) < 4.78 is 72.9. The number of rotatable bonds is 9. The molecule has 0 bridgehead atoms. The SMILES string of the molecule is COC(=O)c1cc(S(=O)(=O)NCCc2ccc(NC(=O)c3ccc(OC(F)(F)F)cc3)cc2)ccc1C. The molecule has 0 aliphatic heterocycles. The van der Waals surface area contributed by atoms with Crippen molar-refractivity contribution in [2.45, 2.75) is 24.6 Å². The highest BCUT2D eigenvalue weighted by molar-refractivity contribution is 7.89. The molecule has 0 aliphatic rings. The highest BCUT2D eigenvalue weighted by Crippen LogP contribution is 2.23. The summed E-state index contributed by atoms with van der Waals surface area (Å²) >= 11 is 0. The molecule has 3 aromatic rings. The van der Waals surface area contributed by atoms with Gasteiger partial charge in [-0.2, -0.15) is 0 Å². The van der Waals surface area contributed by atoms with E-state index >= 15 is 0 Å². The maximum absolute atomic E-state index is 12.6. The molecular formula is C25H23F3N2O6S. The van der Waals surface area contributed by atoms with Crippen molar-refractivity contribution in [3.63, 3.8) is 0 Å². The number of methoxy groups -OCH3 is 1. The maximum Gasteiger partial charge on any atom is 0.573 e. The minimum atomic E-state index is -4.82. The van der Waals surface area contributed by atoms with Crippen LogP contribution >= 0.6 is 0 Å². The van der Waals surface area contributed by atoms with E-state index in [0.717, 1.165) is 17.7 Å². The Morgan fingerprint density at radius 3 is 2.19 bits per heavy atom. The zero-order valence-electron chi connectivity index (χ0n) is 19.8. The van der Waals surface area contributed by atoms with Crippen LogP contribution in [0.4, 0.5) is 18.9 Å². The Morgan fingerprint density at radius 2 is 1.59 bits per heavy atom. The Morgan fingerprint density at radius 1 is 0.946 bits per heavy atom. The van der Waals surface area contributed by atoms with Gasteiger partial charge in [-0.05, 0) is 73.0 Å². The lowest BCUT2D eigenvalue weighted by Gasteiger charge is -2.11. The van der Waals surface area contributed by atoms with E-state index in [1.54, 1.807) is 31.2 Å². The fourth-order valence-electron chi connectivity index (χ4n) is 3.28. The first-order valence-electron chi connectivity index (χ1n) is 10.8. The number of carbonyl (C=O) groups excluding carboxylic acids is 2. The molecule has 37 heavy (non-hydrogen) atoms. The molecule has 0 heterocycles. The molecule has 0 unspecified atom stereocenters. The number of nitrogens with one attached hydrogen (secondary N) is 2. The summed E-state index contributed by atoms with van der Waals surface area (Å²) in [6, 6.07) is 15.3. The summed E-state index contributed by atoms with van der Waals surface area (Å²) in [5.74, 6) is -1.59. The molecule has 3 rings (SSSR count). The minimum absolute atomic E-state index is 0.0606. The summed E-state index contributed by atoms with van der Waals surface area (Å²) in [5.41, 5.74) is 2.12. The van der Waals surface area contributed by atoms with Crippen molar-refractivity contribution >= 4 is 27.6 Å². The topological polar surface area (TPSA) is 111 Å². The Labute approximate surface area is 211 Å². The van der Waals surface area contributed by atoms with Crippen molar-refractivity contribution in [1.29, 1.82) is 0 Å². The largest absolute Gasteiger partial charge is 0.573 e. The van der Waals surface area contributed by atoms with E-state index in [4.69, 9.17) is 0 Å². The van der Waals surface area contributed by atoms with Gasteiger partial charge in [0.25, 0.3) is 5.91 Å². The molecule has 0 atom stereocenters. The molecule has 3 aromatic carbocycles. The lowest BCUT2D eigenvalue weighted by molar-refractivity contribution is -0.274. The molecule has 0 radical (unpaired) electrons. The van der Waals surface area contributed by atoms with Gasteiger partial charge in [0.1, 0.15) is 5.75 Å². The fourth-order valence-corrected chi connectivity index (χ4v) is 4.33. The second-order valence-corrected chi connectivity index (χ2v) is 9.61. The normalized spacial score (nSPS) is 11.6. The third kappa shape index (κ3) is 7.79. The number of aryl methyl sites for hydroxylation is 1. The van der Waals surface area contributed by atoms with Crippen LogP contribution in [0.3, 0.4) is 0 Å². The average molecular weight is 537 g/mol. The smallest absolute Gasteiger partial charge is 0.465 e. The number of ether oxygens (including phenoxy) is 2. The monoisotopic (exact) mass is 536 g/mol. The number of benzene rings is 3. The Balaban J connectivity index is 1.55. The molecule has 1 amide bonds. The molecule has 2 N–H and O–H groups in total. The molecule has 12 heteroatoms. The second-order valence-electron chi connectivity index (χ2n) is 7.84. The third-order valence-corrected chi connectivity index (χ3v) is 6.65.